The summed E-state index contributed by atoms with van der Waals surface area (Å²) in [6.45, 7) is 2.25. The summed E-state index contributed by atoms with van der Waals surface area (Å²) in [6.07, 6.45) is 3.31. The van der Waals surface area contributed by atoms with Crippen molar-refractivity contribution < 1.29 is 9.53 Å². The van der Waals surface area contributed by atoms with Crippen molar-refractivity contribution in [2.24, 2.45) is 0 Å². The fraction of sp³-hybridized carbons (Fsp3) is 0.900. The molecule has 1 fully saturated rings. The molecule has 1 atom stereocenters. The van der Waals surface area contributed by atoms with E-state index in [2.05, 4.69) is 5.32 Å². The molecule has 1 heterocycles. The van der Waals surface area contributed by atoms with Gasteiger partial charge in [-0.05, 0) is 19.4 Å². The van der Waals surface area contributed by atoms with Gasteiger partial charge in [-0.2, -0.15) is 0 Å². The lowest BCUT2D eigenvalue weighted by Gasteiger charge is -2.27. The molecule has 0 bridgehead atoms. The predicted molar refractivity (Wildman–Crippen MR) is 62.4 cm³/mol. The second-order valence-electron chi connectivity index (χ2n) is 3.76. The molecule has 0 saturated carbocycles. The van der Waals surface area contributed by atoms with Crippen LogP contribution in [0.2, 0.25) is 0 Å². The first-order valence-electron chi connectivity index (χ1n) is 5.23. The molecule has 0 aromatic carbocycles. The Labute approximate surface area is 97.8 Å². The van der Waals surface area contributed by atoms with Gasteiger partial charge < -0.3 is 15.0 Å². The third-order valence-corrected chi connectivity index (χ3v) is 2.62. The number of carbonyl (C=O) groups is 1. The summed E-state index contributed by atoms with van der Waals surface area (Å²) in [6, 6.07) is 0.0330. The minimum Gasteiger partial charge on any atom is -0.383 e. The van der Waals surface area contributed by atoms with E-state index in [1.165, 1.54) is 6.42 Å². The maximum absolute atomic E-state index is 11.8. The number of amides is 1. The zero-order valence-electron chi connectivity index (χ0n) is 9.49. The van der Waals surface area contributed by atoms with Crippen LogP contribution in [0.25, 0.3) is 0 Å². The monoisotopic (exact) mass is 236 g/mol. The average Bonchev–Trinajstić information content (AvgIpc) is 2.26. The molecule has 0 radical (unpaired) electrons. The number of piperidine rings is 1. The van der Waals surface area contributed by atoms with Crippen molar-refractivity contribution in [2.75, 3.05) is 33.9 Å². The van der Waals surface area contributed by atoms with E-state index in [9.17, 15) is 4.79 Å². The number of hydrogen-bond donors (Lipinski definition) is 1. The SMILES string of the molecule is COCCN(C)C(=O)[C@@H]1CCCCN1.Cl. The first kappa shape index (κ1) is 14.7. The van der Waals surface area contributed by atoms with Crippen molar-refractivity contribution in [3.8, 4) is 0 Å². The highest BCUT2D eigenvalue weighted by Gasteiger charge is 2.22. The van der Waals surface area contributed by atoms with Crippen LogP contribution >= 0.6 is 12.4 Å². The Morgan fingerprint density at radius 1 is 1.53 bits per heavy atom. The van der Waals surface area contributed by atoms with E-state index in [4.69, 9.17) is 4.74 Å². The smallest absolute Gasteiger partial charge is 0.239 e. The fourth-order valence-electron chi connectivity index (χ4n) is 1.67. The van der Waals surface area contributed by atoms with Gasteiger partial charge in [-0.1, -0.05) is 6.42 Å². The lowest BCUT2D eigenvalue weighted by atomic mass is 10.0. The number of methoxy groups -OCH3 is 1. The number of carbonyl (C=O) groups excluding carboxylic acids is 1. The number of hydrogen-bond acceptors (Lipinski definition) is 3. The number of likely N-dealkylation sites (N-methyl/N-ethyl adjacent to an activating group) is 1. The van der Waals surface area contributed by atoms with Crippen LogP contribution in [0.3, 0.4) is 0 Å². The van der Waals surface area contributed by atoms with E-state index in [1.807, 2.05) is 7.05 Å². The van der Waals surface area contributed by atoms with Gasteiger partial charge in [0, 0.05) is 20.7 Å². The minimum atomic E-state index is 0. The van der Waals surface area contributed by atoms with E-state index >= 15 is 0 Å². The van der Waals surface area contributed by atoms with Gasteiger partial charge >= 0.3 is 0 Å². The molecule has 1 rings (SSSR count). The summed E-state index contributed by atoms with van der Waals surface area (Å²) in [4.78, 5) is 13.6. The topological polar surface area (TPSA) is 41.6 Å². The molecule has 5 heteroatoms. The molecule has 0 spiro atoms. The van der Waals surface area contributed by atoms with Crippen LogP contribution in [-0.2, 0) is 9.53 Å². The predicted octanol–water partition coefficient (Wildman–Crippen LogP) is 0.655. The van der Waals surface area contributed by atoms with E-state index in [1.54, 1.807) is 12.0 Å². The molecule has 1 aliphatic heterocycles. The van der Waals surface area contributed by atoms with Crippen molar-refractivity contribution in [3.63, 3.8) is 0 Å². The average molecular weight is 237 g/mol. The van der Waals surface area contributed by atoms with Gasteiger partial charge in [0.1, 0.15) is 0 Å². The summed E-state index contributed by atoms with van der Waals surface area (Å²) in [5, 5.41) is 3.24. The summed E-state index contributed by atoms with van der Waals surface area (Å²) >= 11 is 0. The van der Waals surface area contributed by atoms with Crippen molar-refractivity contribution in [2.45, 2.75) is 25.3 Å². The van der Waals surface area contributed by atoms with Crippen molar-refractivity contribution >= 4 is 18.3 Å². The normalized spacial score (nSPS) is 20.5. The Balaban J connectivity index is 0.00000196. The van der Waals surface area contributed by atoms with E-state index in [-0.39, 0.29) is 24.4 Å². The second kappa shape index (κ2) is 7.91. The Hall–Kier alpha value is -0.320. The Kier molecular flexibility index (Phi) is 7.74. The van der Waals surface area contributed by atoms with Crippen LogP contribution in [0.1, 0.15) is 19.3 Å². The van der Waals surface area contributed by atoms with Gasteiger partial charge in [0.2, 0.25) is 5.91 Å². The standard InChI is InChI=1S/C10H20N2O2.ClH/c1-12(7-8-14-2)10(13)9-5-3-4-6-11-9;/h9,11H,3-8H2,1-2H3;1H/t9-;/m0./s1. The number of nitrogens with one attached hydrogen (secondary N) is 1. The molecule has 15 heavy (non-hydrogen) atoms. The highest BCUT2D eigenvalue weighted by molar-refractivity contribution is 5.85. The zero-order chi connectivity index (χ0) is 10.4. The van der Waals surface area contributed by atoms with Gasteiger partial charge in [-0.15, -0.1) is 12.4 Å². The summed E-state index contributed by atoms with van der Waals surface area (Å²) in [5.74, 6) is 0.196. The maximum Gasteiger partial charge on any atom is 0.239 e. The molecular formula is C10H21ClN2O2. The lowest BCUT2D eigenvalue weighted by molar-refractivity contribution is -0.133. The number of halogens is 1. The molecule has 0 aromatic rings. The number of rotatable bonds is 4. The fourth-order valence-corrected chi connectivity index (χ4v) is 1.67. The highest BCUT2D eigenvalue weighted by atomic mass is 35.5. The van der Waals surface area contributed by atoms with E-state index < -0.39 is 0 Å². The Bertz CT molecular complexity index is 184. The largest absolute Gasteiger partial charge is 0.383 e. The molecule has 1 saturated heterocycles. The van der Waals surface area contributed by atoms with Crippen LogP contribution in [0, 0.1) is 0 Å². The van der Waals surface area contributed by atoms with Gasteiger partial charge in [0.25, 0.3) is 0 Å². The molecule has 1 aliphatic rings. The van der Waals surface area contributed by atoms with Gasteiger partial charge in [-0.25, -0.2) is 0 Å². The molecule has 1 amide bonds. The molecule has 90 valence electrons. The molecule has 0 aliphatic carbocycles. The van der Waals surface area contributed by atoms with Crippen LogP contribution in [0.15, 0.2) is 0 Å². The molecule has 4 nitrogen and oxygen atoms in total. The Morgan fingerprint density at radius 2 is 2.27 bits per heavy atom. The zero-order valence-corrected chi connectivity index (χ0v) is 10.3. The molecule has 1 N–H and O–H groups in total. The van der Waals surface area contributed by atoms with E-state index in [0.717, 1.165) is 19.4 Å². The summed E-state index contributed by atoms with van der Waals surface area (Å²) in [7, 11) is 3.48. The maximum atomic E-state index is 11.8. The van der Waals surface area contributed by atoms with Crippen LogP contribution in [0.4, 0.5) is 0 Å². The number of nitrogens with zero attached hydrogens (tertiary/aromatic N) is 1. The second-order valence-corrected chi connectivity index (χ2v) is 3.76. The molecular weight excluding hydrogens is 216 g/mol. The summed E-state index contributed by atoms with van der Waals surface area (Å²) < 4.78 is 4.94. The van der Waals surface area contributed by atoms with Gasteiger partial charge in [0.05, 0.1) is 12.6 Å². The molecule has 0 aromatic heterocycles. The summed E-state index contributed by atoms with van der Waals surface area (Å²) in [5.41, 5.74) is 0. The van der Waals surface area contributed by atoms with Crippen molar-refractivity contribution in [3.05, 3.63) is 0 Å². The van der Waals surface area contributed by atoms with Crippen LogP contribution in [-0.4, -0.2) is 50.7 Å². The van der Waals surface area contributed by atoms with Gasteiger partial charge in [-0.3, -0.25) is 4.79 Å². The lowest BCUT2D eigenvalue weighted by Crippen LogP contribution is -2.47. The van der Waals surface area contributed by atoms with Crippen LogP contribution in [0.5, 0.6) is 0 Å². The van der Waals surface area contributed by atoms with Crippen molar-refractivity contribution in [1.82, 2.24) is 10.2 Å². The van der Waals surface area contributed by atoms with Crippen molar-refractivity contribution in [1.29, 1.82) is 0 Å². The van der Waals surface area contributed by atoms with Gasteiger partial charge in [0.15, 0.2) is 0 Å². The van der Waals surface area contributed by atoms with Crippen LogP contribution < -0.4 is 5.32 Å². The third kappa shape index (κ3) is 4.82. The molecule has 0 unspecified atom stereocenters. The number of ether oxygens (including phenoxy) is 1. The highest BCUT2D eigenvalue weighted by Crippen LogP contribution is 2.08. The minimum absolute atomic E-state index is 0. The Morgan fingerprint density at radius 3 is 2.80 bits per heavy atom. The first-order valence-corrected chi connectivity index (χ1v) is 5.23. The third-order valence-electron chi connectivity index (χ3n) is 2.62. The quantitative estimate of drug-likeness (QED) is 0.780. The first-order chi connectivity index (χ1) is 6.75. The van der Waals surface area contributed by atoms with E-state index in [0.29, 0.717) is 13.2 Å².